The van der Waals surface area contributed by atoms with Crippen molar-refractivity contribution in [2.45, 2.75) is 45.8 Å². The van der Waals surface area contributed by atoms with Crippen molar-refractivity contribution < 1.29 is 14.6 Å². The lowest BCUT2D eigenvalue weighted by molar-refractivity contribution is 0.0177. The summed E-state index contributed by atoms with van der Waals surface area (Å²) in [6, 6.07) is 0. The van der Waals surface area contributed by atoms with Crippen LogP contribution in [0.2, 0.25) is 0 Å². The largest absolute Gasteiger partial charge is 0.494 e. The van der Waals surface area contributed by atoms with Gasteiger partial charge >= 0.3 is 6.09 Å². The lowest BCUT2D eigenvalue weighted by Crippen LogP contribution is -2.42. The molecule has 21 heavy (non-hydrogen) atoms. The van der Waals surface area contributed by atoms with Gasteiger partial charge in [-0.1, -0.05) is 0 Å². The maximum Gasteiger partial charge on any atom is 0.410 e. The summed E-state index contributed by atoms with van der Waals surface area (Å²) < 4.78 is 7.85. The number of aromatic nitrogens is 1. The maximum atomic E-state index is 12.0. The Kier molecular flexibility index (Phi) is 4.93. The predicted molar refractivity (Wildman–Crippen MR) is 85.3 cm³/mol. The molecule has 1 N–H and O–H groups in total. The normalized spacial score (nSPS) is 17.0. The molecule has 2 heterocycles. The Morgan fingerprint density at radius 2 is 2.10 bits per heavy atom. The van der Waals surface area contributed by atoms with Gasteiger partial charge in [0, 0.05) is 19.6 Å². The highest BCUT2D eigenvalue weighted by Gasteiger charge is 2.27. The molecule has 1 aliphatic rings. The number of ether oxygens (including phenoxy) is 1. The van der Waals surface area contributed by atoms with Crippen molar-refractivity contribution in [1.82, 2.24) is 9.47 Å². The van der Waals surface area contributed by atoms with Crippen LogP contribution in [0.15, 0.2) is 5.38 Å². The molecule has 5 nitrogen and oxygen atoms in total. The van der Waals surface area contributed by atoms with Crippen LogP contribution < -0.4 is 0 Å². The van der Waals surface area contributed by atoms with Crippen LogP contribution in [0.5, 0.6) is 5.88 Å². The van der Waals surface area contributed by atoms with E-state index >= 15 is 0 Å². The van der Waals surface area contributed by atoms with Crippen LogP contribution in [0.25, 0.3) is 0 Å². The van der Waals surface area contributed by atoms with E-state index in [1.807, 2.05) is 20.8 Å². The monoisotopic (exact) mass is 330 g/mol. The van der Waals surface area contributed by atoms with Gasteiger partial charge in [0.1, 0.15) is 5.60 Å². The van der Waals surface area contributed by atoms with E-state index < -0.39 is 5.60 Å². The summed E-state index contributed by atoms with van der Waals surface area (Å²) in [6.45, 7) is 7.72. The van der Waals surface area contributed by atoms with Gasteiger partial charge in [0.25, 0.3) is 0 Å². The summed E-state index contributed by atoms with van der Waals surface area (Å²) in [7, 11) is 0. The number of carbonyl (C=O) groups is 1. The second-order valence-corrected chi connectivity index (χ2v) is 7.88. The minimum Gasteiger partial charge on any atom is -0.494 e. The van der Waals surface area contributed by atoms with Crippen LogP contribution in [0, 0.1) is 9.87 Å². The number of carbonyl (C=O) groups excluding carboxylic acids is 1. The first-order valence-corrected chi connectivity index (χ1v) is 8.40. The number of hydrogen-bond donors (Lipinski definition) is 1. The molecule has 118 valence electrons. The average Bonchev–Trinajstić information content (AvgIpc) is 2.69. The number of rotatable bonds is 2. The van der Waals surface area contributed by atoms with Gasteiger partial charge in [0.15, 0.2) is 3.95 Å². The summed E-state index contributed by atoms with van der Waals surface area (Å²) >= 11 is 6.58. The van der Waals surface area contributed by atoms with Crippen molar-refractivity contribution in [2.24, 2.45) is 5.92 Å². The molecule has 1 fully saturated rings. The molecule has 1 saturated heterocycles. The molecule has 0 aliphatic carbocycles. The van der Waals surface area contributed by atoms with Gasteiger partial charge in [-0.25, -0.2) is 4.79 Å². The zero-order valence-corrected chi connectivity index (χ0v) is 14.3. The van der Waals surface area contributed by atoms with E-state index in [-0.39, 0.29) is 12.0 Å². The first kappa shape index (κ1) is 16.3. The Morgan fingerprint density at radius 1 is 1.48 bits per heavy atom. The second-order valence-electron chi connectivity index (χ2n) is 6.38. The van der Waals surface area contributed by atoms with Crippen molar-refractivity contribution in [3.8, 4) is 5.88 Å². The van der Waals surface area contributed by atoms with Crippen LogP contribution in [0.4, 0.5) is 4.79 Å². The fourth-order valence-corrected chi connectivity index (χ4v) is 3.32. The van der Waals surface area contributed by atoms with Crippen LogP contribution in [0.3, 0.4) is 0 Å². The van der Waals surface area contributed by atoms with Gasteiger partial charge in [-0.3, -0.25) is 4.57 Å². The highest BCUT2D eigenvalue weighted by Crippen LogP contribution is 2.25. The maximum absolute atomic E-state index is 12.0. The van der Waals surface area contributed by atoms with E-state index in [0.717, 1.165) is 19.4 Å². The minimum atomic E-state index is -0.455. The van der Waals surface area contributed by atoms with E-state index in [1.54, 1.807) is 14.8 Å². The Morgan fingerprint density at radius 3 is 2.57 bits per heavy atom. The molecular weight excluding hydrogens is 308 g/mol. The molecule has 0 radical (unpaired) electrons. The van der Waals surface area contributed by atoms with Gasteiger partial charge in [-0.05, 0) is 51.7 Å². The topological polar surface area (TPSA) is 54.7 Å². The Bertz CT molecular complexity index is 551. The number of piperidine rings is 1. The zero-order valence-electron chi connectivity index (χ0n) is 12.7. The van der Waals surface area contributed by atoms with E-state index in [0.29, 0.717) is 23.0 Å². The van der Waals surface area contributed by atoms with Crippen molar-refractivity contribution >= 4 is 29.6 Å². The van der Waals surface area contributed by atoms with Crippen molar-refractivity contribution in [2.75, 3.05) is 13.1 Å². The highest BCUT2D eigenvalue weighted by atomic mass is 32.1. The van der Waals surface area contributed by atoms with Crippen molar-refractivity contribution in [1.29, 1.82) is 0 Å². The molecule has 1 amide bonds. The second kappa shape index (κ2) is 6.36. The Hall–Kier alpha value is -1.08. The summed E-state index contributed by atoms with van der Waals surface area (Å²) in [5.41, 5.74) is -0.455. The quantitative estimate of drug-likeness (QED) is 0.841. The fraction of sp³-hybridized carbons (Fsp3) is 0.714. The van der Waals surface area contributed by atoms with Gasteiger partial charge in [-0.15, -0.1) is 11.3 Å². The van der Waals surface area contributed by atoms with E-state index in [1.165, 1.54) is 11.3 Å². The number of aromatic hydroxyl groups is 1. The number of nitrogens with zero attached hydrogens (tertiary/aromatic N) is 2. The third-order valence-corrected chi connectivity index (χ3v) is 4.73. The summed E-state index contributed by atoms with van der Waals surface area (Å²) in [5.74, 6) is 0.662. The van der Waals surface area contributed by atoms with Crippen LogP contribution in [-0.4, -0.2) is 39.4 Å². The highest BCUT2D eigenvalue weighted by molar-refractivity contribution is 7.73. The third kappa shape index (κ3) is 4.44. The molecule has 7 heteroatoms. The molecule has 1 aromatic rings. The van der Waals surface area contributed by atoms with Crippen LogP contribution in [0.1, 0.15) is 33.6 Å². The number of thiazole rings is 1. The van der Waals surface area contributed by atoms with E-state index in [2.05, 4.69) is 0 Å². The molecule has 0 bridgehead atoms. The Labute approximate surface area is 134 Å². The van der Waals surface area contributed by atoms with Gasteiger partial charge in [0.05, 0.1) is 5.38 Å². The lowest BCUT2D eigenvalue weighted by atomic mass is 9.97. The molecule has 1 aromatic heterocycles. The number of likely N-dealkylation sites (tertiary alicyclic amines) is 1. The van der Waals surface area contributed by atoms with Gasteiger partial charge in [0.2, 0.25) is 5.88 Å². The first-order valence-electron chi connectivity index (χ1n) is 7.11. The summed E-state index contributed by atoms with van der Waals surface area (Å²) in [6.07, 6.45) is 1.56. The lowest BCUT2D eigenvalue weighted by Gasteiger charge is -2.33. The fourth-order valence-electron chi connectivity index (χ4n) is 2.37. The predicted octanol–water partition coefficient (Wildman–Crippen LogP) is 3.63. The zero-order chi connectivity index (χ0) is 15.6. The smallest absolute Gasteiger partial charge is 0.410 e. The molecule has 0 unspecified atom stereocenters. The van der Waals surface area contributed by atoms with Gasteiger partial charge in [-0.2, -0.15) is 0 Å². The van der Waals surface area contributed by atoms with Crippen LogP contribution in [-0.2, 0) is 11.3 Å². The minimum absolute atomic E-state index is 0.236. The number of hydrogen-bond acceptors (Lipinski definition) is 5. The molecule has 0 spiro atoms. The Balaban J connectivity index is 1.86. The molecule has 2 rings (SSSR count). The van der Waals surface area contributed by atoms with Crippen molar-refractivity contribution in [3.63, 3.8) is 0 Å². The van der Waals surface area contributed by atoms with Crippen LogP contribution >= 0.6 is 23.6 Å². The standard InChI is InChI=1S/C14H22N2O3S2/c1-14(2,3)19-12(18)15-6-4-10(5-7-15)8-16-11(17)9-21-13(16)20/h9-10,17H,4-8H2,1-3H3. The SMILES string of the molecule is CC(C)(C)OC(=O)N1CCC(Cn2c(O)csc2=S)CC1. The number of amides is 1. The van der Waals surface area contributed by atoms with E-state index in [9.17, 15) is 9.90 Å². The molecule has 0 saturated carbocycles. The third-order valence-electron chi connectivity index (χ3n) is 3.47. The van der Waals surface area contributed by atoms with Crippen molar-refractivity contribution in [3.05, 3.63) is 9.33 Å². The molecule has 1 aliphatic heterocycles. The first-order chi connectivity index (χ1) is 9.76. The summed E-state index contributed by atoms with van der Waals surface area (Å²) in [4.78, 5) is 13.7. The molecule has 0 aromatic carbocycles. The molecular formula is C14H22N2O3S2. The van der Waals surface area contributed by atoms with Gasteiger partial charge < -0.3 is 14.7 Å². The average molecular weight is 330 g/mol. The molecule has 0 atom stereocenters. The summed E-state index contributed by atoms with van der Waals surface area (Å²) in [5, 5.41) is 11.4. The van der Waals surface area contributed by atoms with E-state index in [4.69, 9.17) is 17.0 Å².